The van der Waals surface area contributed by atoms with Gasteiger partial charge in [-0.15, -0.1) is 0 Å². The van der Waals surface area contributed by atoms with Crippen LogP contribution < -0.4 is 5.73 Å². The van der Waals surface area contributed by atoms with Gasteiger partial charge < -0.3 is 10.5 Å². The molecule has 4 heteroatoms. The first-order chi connectivity index (χ1) is 8.07. The zero-order valence-corrected chi connectivity index (χ0v) is 11.9. The first kappa shape index (κ1) is 14.9. The Balaban J connectivity index is 2.50. The molecule has 1 aliphatic rings. The third-order valence-electron chi connectivity index (χ3n) is 4.19. The Labute approximate surface area is 106 Å². The van der Waals surface area contributed by atoms with Crippen molar-refractivity contribution < 1.29 is 4.74 Å². The fraction of sp³-hybridized carbons (Fsp3) is 1.00. The van der Waals surface area contributed by atoms with Crippen molar-refractivity contribution in [2.75, 3.05) is 46.4 Å². The van der Waals surface area contributed by atoms with Gasteiger partial charge in [0.15, 0.2) is 0 Å². The lowest BCUT2D eigenvalue weighted by molar-refractivity contribution is -0.0105. The lowest BCUT2D eigenvalue weighted by atomic mass is 9.99. The molecule has 1 saturated heterocycles. The van der Waals surface area contributed by atoms with Crippen LogP contribution in [-0.2, 0) is 4.74 Å². The highest BCUT2D eigenvalue weighted by atomic mass is 16.5. The molecule has 0 radical (unpaired) electrons. The topological polar surface area (TPSA) is 41.7 Å². The number of piperazine rings is 1. The van der Waals surface area contributed by atoms with E-state index >= 15 is 0 Å². The number of hydrogen-bond donors (Lipinski definition) is 1. The largest absolute Gasteiger partial charge is 0.383 e. The molecule has 0 bridgehead atoms. The van der Waals surface area contributed by atoms with Gasteiger partial charge in [-0.1, -0.05) is 6.92 Å². The Hall–Kier alpha value is -0.160. The molecule has 2 atom stereocenters. The van der Waals surface area contributed by atoms with Gasteiger partial charge in [-0.2, -0.15) is 0 Å². The summed E-state index contributed by atoms with van der Waals surface area (Å²) < 4.78 is 5.31. The molecule has 1 fully saturated rings. The average molecular weight is 243 g/mol. The number of nitrogens with zero attached hydrogens (tertiary/aromatic N) is 2. The van der Waals surface area contributed by atoms with Crippen LogP contribution in [0.2, 0.25) is 0 Å². The van der Waals surface area contributed by atoms with Gasteiger partial charge in [0.25, 0.3) is 0 Å². The van der Waals surface area contributed by atoms with Gasteiger partial charge in [0, 0.05) is 45.9 Å². The van der Waals surface area contributed by atoms with Crippen LogP contribution in [0.1, 0.15) is 27.2 Å². The summed E-state index contributed by atoms with van der Waals surface area (Å²) in [6.07, 6.45) is 1.23. The summed E-state index contributed by atoms with van der Waals surface area (Å²) in [6, 6.07) is 0.698. The molecule has 17 heavy (non-hydrogen) atoms. The van der Waals surface area contributed by atoms with Crippen molar-refractivity contribution in [3.05, 3.63) is 0 Å². The van der Waals surface area contributed by atoms with E-state index < -0.39 is 0 Å². The number of ether oxygens (including phenoxy) is 1. The van der Waals surface area contributed by atoms with Crippen LogP contribution in [0.25, 0.3) is 0 Å². The Morgan fingerprint density at radius 3 is 2.29 bits per heavy atom. The minimum Gasteiger partial charge on any atom is -0.383 e. The van der Waals surface area contributed by atoms with Crippen molar-refractivity contribution in [2.45, 2.75) is 38.8 Å². The summed E-state index contributed by atoms with van der Waals surface area (Å²) in [7, 11) is 1.75. The summed E-state index contributed by atoms with van der Waals surface area (Å²) in [5.74, 6) is 0. The van der Waals surface area contributed by atoms with E-state index in [0.717, 1.165) is 26.2 Å². The number of rotatable bonds is 6. The predicted molar refractivity (Wildman–Crippen MR) is 72.2 cm³/mol. The van der Waals surface area contributed by atoms with E-state index in [2.05, 4.69) is 30.6 Å². The normalized spacial score (nSPS) is 24.5. The third kappa shape index (κ3) is 3.65. The number of hydrogen-bond acceptors (Lipinski definition) is 4. The van der Waals surface area contributed by atoms with E-state index in [1.54, 1.807) is 7.11 Å². The minimum absolute atomic E-state index is 0.00368. The van der Waals surface area contributed by atoms with E-state index in [1.165, 1.54) is 6.42 Å². The first-order valence-electron chi connectivity index (χ1n) is 6.75. The van der Waals surface area contributed by atoms with Gasteiger partial charge in [-0.05, 0) is 20.3 Å². The second-order valence-electron chi connectivity index (χ2n) is 5.41. The fourth-order valence-corrected chi connectivity index (χ4v) is 2.55. The van der Waals surface area contributed by atoms with Gasteiger partial charge in [0.2, 0.25) is 0 Å². The van der Waals surface area contributed by atoms with Gasteiger partial charge in [-0.3, -0.25) is 9.80 Å². The maximum atomic E-state index is 5.91. The minimum atomic E-state index is -0.00368. The maximum absolute atomic E-state index is 5.91. The van der Waals surface area contributed by atoms with Crippen LogP contribution in [0.4, 0.5) is 0 Å². The molecule has 1 rings (SSSR count). The van der Waals surface area contributed by atoms with Gasteiger partial charge in [-0.25, -0.2) is 0 Å². The van der Waals surface area contributed by atoms with Crippen molar-refractivity contribution in [1.82, 2.24) is 9.80 Å². The second kappa shape index (κ2) is 6.69. The Kier molecular flexibility index (Phi) is 5.86. The number of methoxy groups -OCH3 is 1. The average Bonchev–Trinajstić information content (AvgIpc) is 2.38. The lowest BCUT2D eigenvalue weighted by Crippen LogP contribution is -2.61. The Bertz CT molecular complexity index is 217. The SMILES string of the molecule is CCC(C)N1CCN(C(C)(CN)COC)CC1. The van der Waals surface area contributed by atoms with Crippen molar-refractivity contribution >= 4 is 0 Å². The molecule has 0 aromatic rings. The van der Waals surface area contributed by atoms with Gasteiger partial charge in [0.1, 0.15) is 0 Å². The molecule has 0 amide bonds. The molecule has 1 heterocycles. The predicted octanol–water partition coefficient (Wildman–Crippen LogP) is 0.766. The van der Waals surface area contributed by atoms with Crippen LogP contribution in [0.5, 0.6) is 0 Å². The van der Waals surface area contributed by atoms with Crippen LogP contribution in [0.15, 0.2) is 0 Å². The van der Waals surface area contributed by atoms with E-state index in [-0.39, 0.29) is 5.54 Å². The fourth-order valence-electron chi connectivity index (χ4n) is 2.55. The van der Waals surface area contributed by atoms with Gasteiger partial charge >= 0.3 is 0 Å². The van der Waals surface area contributed by atoms with Crippen molar-refractivity contribution in [3.63, 3.8) is 0 Å². The zero-order chi connectivity index (χ0) is 12.9. The molecule has 1 aliphatic heterocycles. The molecule has 0 aromatic carbocycles. The molecular formula is C13H29N3O. The lowest BCUT2D eigenvalue weighted by Gasteiger charge is -2.46. The summed E-state index contributed by atoms with van der Waals surface area (Å²) in [5.41, 5.74) is 5.91. The molecule has 0 aromatic heterocycles. The highest BCUT2D eigenvalue weighted by molar-refractivity contribution is 4.90. The zero-order valence-electron chi connectivity index (χ0n) is 11.9. The molecule has 0 saturated carbocycles. The molecule has 2 N–H and O–H groups in total. The number of nitrogens with two attached hydrogens (primary N) is 1. The molecular weight excluding hydrogens is 214 g/mol. The Morgan fingerprint density at radius 1 is 1.29 bits per heavy atom. The Morgan fingerprint density at radius 2 is 1.88 bits per heavy atom. The van der Waals surface area contributed by atoms with E-state index in [9.17, 15) is 0 Å². The summed E-state index contributed by atoms with van der Waals surface area (Å²) in [5, 5.41) is 0. The highest BCUT2D eigenvalue weighted by Gasteiger charge is 2.33. The summed E-state index contributed by atoms with van der Waals surface area (Å²) >= 11 is 0. The maximum Gasteiger partial charge on any atom is 0.0656 e. The first-order valence-corrected chi connectivity index (χ1v) is 6.75. The molecule has 4 nitrogen and oxygen atoms in total. The van der Waals surface area contributed by atoms with E-state index in [0.29, 0.717) is 19.2 Å². The molecule has 2 unspecified atom stereocenters. The second-order valence-corrected chi connectivity index (χ2v) is 5.41. The van der Waals surface area contributed by atoms with E-state index in [1.807, 2.05) is 0 Å². The van der Waals surface area contributed by atoms with Crippen LogP contribution in [-0.4, -0.2) is 67.8 Å². The third-order valence-corrected chi connectivity index (χ3v) is 4.19. The van der Waals surface area contributed by atoms with Crippen molar-refractivity contribution in [3.8, 4) is 0 Å². The monoisotopic (exact) mass is 243 g/mol. The summed E-state index contributed by atoms with van der Waals surface area (Å²) in [4.78, 5) is 5.05. The molecule has 102 valence electrons. The van der Waals surface area contributed by atoms with Crippen molar-refractivity contribution in [2.24, 2.45) is 5.73 Å². The van der Waals surface area contributed by atoms with Crippen LogP contribution in [0, 0.1) is 0 Å². The van der Waals surface area contributed by atoms with Gasteiger partial charge in [0.05, 0.1) is 12.1 Å². The highest BCUT2D eigenvalue weighted by Crippen LogP contribution is 2.18. The van der Waals surface area contributed by atoms with Crippen LogP contribution >= 0.6 is 0 Å². The molecule has 0 aliphatic carbocycles. The smallest absolute Gasteiger partial charge is 0.0656 e. The quantitative estimate of drug-likeness (QED) is 0.748. The van der Waals surface area contributed by atoms with Crippen molar-refractivity contribution in [1.29, 1.82) is 0 Å². The summed E-state index contributed by atoms with van der Waals surface area (Å²) in [6.45, 7) is 12.6. The molecule has 0 spiro atoms. The van der Waals surface area contributed by atoms with E-state index in [4.69, 9.17) is 10.5 Å². The standard InChI is InChI=1S/C13H29N3O/c1-5-12(2)15-6-8-16(9-7-15)13(3,10-14)11-17-4/h12H,5-11,14H2,1-4H3. The van der Waals surface area contributed by atoms with Crippen LogP contribution in [0.3, 0.4) is 0 Å².